The Morgan fingerprint density at radius 1 is 1.05 bits per heavy atom. The largest absolute Gasteiger partial charge is 0.490 e. The van der Waals surface area contributed by atoms with E-state index in [4.69, 9.17) is 14.7 Å². The molecule has 2 rings (SSSR count). The van der Waals surface area contributed by atoms with E-state index in [9.17, 15) is 0 Å². The standard InChI is InChI=1S/C17H20O4.Al/c1-3-19-16-10-9-14(13(2)12-20-18)11-17(16)21-15-7-5-4-6-8-15;/h4-11,13,18H,3,12H2,1-2H3;. The summed E-state index contributed by atoms with van der Waals surface area (Å²) in [6.45, 7) is 4.71. The Kier molecular flexibility index (Phi) is 8.00. The van der Waals surface area contributed by atoms with Crippen molar-refractivity contribution < 1.29 is 19.6 Å². The van der Waals surface area contributed by atoms with E-state index in [1.807, 2.05) is 62.4 Å². The van der Waals surface area contributed by atoms with Gasteiger partial charge in [-0.25, -0.2) is 4.89 Å². The average Bonchev–Trinajstić information content (AvgIpc) is 2.50. The van der Waals surface area contributed by atoms with Gasteiger partial charge < -0.3 is 9.47 Å². The zero-order valence-electron chi connectivity index (χ0n) is 12.9. The summed E-state index contributed by atoms with van der Waals surface area (Å²) in [5, 5.41) is 8.59. The van der Waals surface area contributed by atoms with Crippen molar-refractivity contribution in [3.8, 4) is 17.2 Å². The van der Waals surface area contributed by atoms with Gasteiger partial charge in [0.25, 0.3) is 0 Å². The van der Waals surface area contributed by atoms with Crippen molar-refractivity contribution in [2.45, 2.75) is 19.8 Å². The molecule has 2 aromatic carbocycles. The molecule has 3 radical (unpaired) electrons. The molecule has 0 aliphatic carbocycles. The van der Waals surface area contributed by atoms with E-state index < -0.39 is 0 Å². The number of benzene rings is 2. The van der Waals surface area contributed by atoms with Gasteiger partial charge in [-0.3, -0.25) is 5.26 Å². The third-order valence-corrected chi connectivity index (χ3v) is 3.13. The van der Waals surface area contributed by atoms with Crippen LogP contribution in [-0.2, 0) is 4.89 Å². The molecule has 1 atom stereocenters. The molecule has 0 saturated carbocycles. The molecule has 0 spiro atoms. The van der Waals surface area contributed by atoms with Crippen molar-refractivity contribution in [3.63, 3.8) is 0 Å². The maximum atomic E-state index is 8.59. The van der Waals surface area contributed by atoms with Crippen molar-refractivity contribution in [2.24, 2.45) is 0 Å². The van der Waals surface area contributed by atoms with E-state index in [2.05, 4.69) is 4.89 Å². The van der Waals surface area contributed by atoms with Crippen LogP contribution in [0.3, 0.4) is 0 Å². The van der Waals surface area contributed by atoms with Gasteiger partial charge in [-0.1, -0.05) is 31.2 Å². The Hall–Kier alpha value is -1.51. The minimum atomic E-state index is 0. The fourth-order valence-corrected chi connectivity index (χ4v) is 2.01. The number of para-hydroxylation sites is 1. The highest BCUT2D eigenvalue weighted by Crippen LogP contribution is 2.34. The molecule has 0 aliphatic rings. The van der Waals surface area contributed by atoms with Crippen LogP contribution in [0.2, 0.25) is 0 Å². The first kappa shape index (κ1) is 18.5. The molecule has 1 N–H and O–H groups in total. The Morgan fingerprint density at radius 2 is 1.77 bits per heavy atom. The SMILES string of the molecule is CCOc1ccc(C(C)COO)cc1Oc1ccccc1.[Al]. The van der Waals surface area contributed by atoms with E-state index in [-0.39, 0.29) is 29.9 Å². The predicted molar refractivity (Wildman–Crippen MR) is 86.9 cm³/mol. The van der Waals surface area contributed by atoms with Crippen LogP contribution in [0.4, 0.5) is 0 Å². The molecule has 0 heterocycles. The molecule has 115 valence electrons. The maximum absolute atomic E-state index is 8.59. The number of rotatable bonds is 7. The van der Waals surface area contributed by atoms with Crippen LogP contribution in [0.1, 0.15) is 25.3 Å². The van der Waals surface area contributed by atoms with Gasteiger partial charge in [0, 0.05) is 23.3 Å². The third-order valence-electron chi connectivity index (χ3n) is 3.13. The van der Waals surface area contributed by atoms with Gasteiger partial charge in [0.05, 0.1) is 13.2 Å². The second-order valence-corrected chi connectivity index (χ2v) is 4.75. The van der Waals surface area contributed by atoms with Crippen LogP contribution in [-0.4, -0.2) is 35.8 Å². The molecular formula is C17H20AlO4. The Balaban J connectivity index is 0.00000242. The van der Waals surface area contributed by atoms with Gasteiger partial charge in [0.1, 0.15) is 5.75 Å². The summed E-state index contributed by atoms with van der Waals surface area (Å²) in [5.41, 5.74) is 1.01. The molecular weight excluding hydrogens is 295 g/mol. The molecule has 4 nitrogen and oxygen atoms in total. The van der Waals surface area contributed by atoms with Gasteiger partial charge in [0.15, 0.2) is 11.5 Å². The summed E-state index contributed by atoms with van der Waals surface area (Å²) in [6, 6.07) is 15.3. The fraction of sp³-hybridized carbons (Fsp3) is 0.294. The summed E-state index contributed by atoms with van der Waals surface area (Å²) in [4.78, 5) is 4.22. The van der Waals surface area contributed by atoms with Gasteiger partial charge >= 0.3 is 0 Å². The summed E-state index contributed by atoms with van der Waals surface area (Å²) < 4.78 is 11.5. The van der Waals surface area contributed by atoms with Gasteiger partial charge in [-0.05, 0) is 36.8 Å². The normalized spacial score (nSPS) is 11.4. The van der Waals surface area contributed by atoms with Crippen LogP contribution >= 0.6 is 0 Å². The number of hydrogen-bond acceptors (Lipinski definition) is 4. The van der Waals surface area contributed by atoms with E-state index in [1.165, 1.54) is 0 Å². The highest BCUT2D eigenvalue weighted by Gasteiger charge is 2.12. The van der Waals surface area contributed by atoms with Crippen LogP contribution in [0, 0.1) is 0 Å². The molecule has 0 aromatic heterocycles. The molecule has 5 heteroatoms. The Labute approximate surface area is 141 Å². The molecule has 0 amide bonds. The summed E-state index contributed by atoms with van der Waals surface area (Å²) in [5.74, 6) is 2.16. The minimum Gasteiger partial charge on any atom is -0.490 e. The van der Waals surface area contributed by atoms with Gasteiger partial charge in [-0.2, -0.15) is 0 Å². The summed E-state index contributed by atoms with van der Waals surface area (Å²) >= 11 is 0. The van der Waals surface area contributed by atoms with Crippen molar-refractivity contribution in [1.29, 1.82) is 0 Å². The lowest BCUT2D eigenvalue weighted by Crippen LogP contribution is -2.03. The van der Waals surface area contributed by atoms with Gasteiger partial charge in [0.2, 0.25) is 0 Å². The second-order valence-electron chi connectivity index (χ2n) is 4.75. The zero-order valence-corrected chi connectivity index (χ0v) is 14.0. The third kappa shape index (κ3) is 5.04. The van der Waals surface area contributed by atoms with Crippen molar-refractivity contribution in [2.75, 3.05) is 13.2 Å². The van der Waals surface area contributed by atoms with Crippen molar-refractivity contribution in [1.82, 2.24) is 0 Å². The van der Waals surface area contributed by atoms with E-state index in [1.54, 1.807) is 0 Å². The van der Waals surface area contributed by atoms with Crippen LogP contribution < -0.4 is 9.47 Å². The highest BCUT2D eigenvalue weighted by atomic mass is 27.0. The van der Waals surface area contributed by atoms with Crippen LogP contribution in [0.5, 0.6) is 17.2 Å². The molecule has 1 unspecified atom stereocenters. The highest BCUT2D eigenvalue weighted by molar-refractivity contribution is 5.75. The van der Waals surface area contributed by atoms with Crippen LogP contribution in [0.15, 0.2) is 48.5 Å². The summed E-state index contributed by atoms with van der Waals surface area (Å²) in [6.07, 6.45) is 0. The minimum absolute atomic E-state index is 0. The fourth-order valence-electron chi connectivity index (χ4n) is 2.01. The van der Waals surface area contributed by atoms with Crippen LogP contribution in [0.25, 0.3) is 0 Å². The molecule has 0 bridgehead atoms. The quantitative estimate of drug-likeness (QED) is 0.475. The van der Waals surface area contributed by atoms with E-state index in [0.29, 0.717) is 18.1 Å². The molecule has 0 saturated heterocycles. The van der Waals surface area contributed by atoms with E-state index >= 15 is 0 Å². The lowest BCUT2D eigenvalue weighted by molar-refractivity contribution is -0.245. The van der Waals surface area contributed by atoms with Crippen molar-refractivity contribution in [3.05, 3.63) is 54.1 Å². The summed E-state index contributed by atoms with van der Waals surface area (Å²) in [7, 11) is 0. The van der Waals surface area contributed by atoms with Gasteiger partial charge in [-0.15, -0.1) is 0 Å². The lowest BCUT2D eigenvalue weighted by atomic mass is 10.0. The van der Waals surface area contributed by atoms with Crippen molar-refractivity contribution >= 4 is 17.4 Å². The number of hydrogen-bond donors (Lipinski definition) is 1. The maximum Gasteiger partial charge on any atom is 0.169 e. The Morgan fingerprint density at radius 3 is 2.41 bits per heavy atom. The first-order valence-corrected chi connectivity index (χ1v) is 7.00. The topological polar surface area (TPSA) is 47.9 Å². The number of ether oxygens (including phenoxy) is 2. The first-order valence-electron chi connectivity index (χ1n) is 7.00. The average molecular weight is 315 g/mol. The Bertz CT molecular complexity index is 560. The molecule has 0 aliphatic heterocycles. The van der Waals surface area contributed by atoms with E-state index in [0.717, 1.165) is 11.3 Å². The second kappa shape index (κ2) is 9.50. The molecule has 22 heavy (non-hydrogen) atoms. The zero-order chi connectivity index (χ0) is 15.1. The molecule has 2 aromatic rings. The lowest BCUT2D eigenvalue weighted by Gasteiger charge is -2.15. The smallest absolute Gasteiger partial charge is 0.169 e. The predicted octanol–water partition coefficient (Wildman–Crippen LogP) is 4.09. The molecule has 0 fully saturated rings. The monoisotopic (exact) mass is 315 g/mol. The first-order chi connectivity index (χ1) is 10.2.